The van der Waals surface area contributed by atoms with Crippen molar-refractivity contribution in [3.05, 3.63) is 76.4 Å². The molecule has 136 valence electrons. The van der Waals surface area contributed by atoms with Crippen LogP contribution in [0, 0.1) is 0 Å². The molecule has 3 heterocycles. The standard InChI is InChI=1S/C20H18N4O2S/c25-19(17-6-3-13-27-17)15-4-1-2-5-16(15)20(26)24-11-9-23(10-12-24)18-14-21-7-8-22-18/h1-8,13-14H,9-12H2. The lowest BCUT2D eigenvalue weighted by Crippen LogP contribution is -2.49. The molecule has 1 amide bonds. The molecule has 0 aliphatic carbocycles. The molecule has 0 bridgehead atoms. The normalized spacial score (nSPS) is 14.2. The molecule has 0 atom stereocenters. The van der Waals surface area contributed by atoms with Crippen molar-refractivity contribution in [1.29, 1.82) is 0 Å². The van der Waals surface area contributed by atoms with Crippen molar-refractivity contribution in [3.63, 3.8) is 0 Å². The number of aromatic nitrogens is 2. The predicted molar refractivity (Wildman–Crippen MR) is 104 cm³/mol. The van der Waals surface area contributed by atoms with Crippen LogP contribution < -0.4 is 4.90 Å². The fourth-order valence-electron chi connectivity index (χ4n) is 3.17. The summed E-state index contributed by atoms with van der Waals surface area (Å²) in [6, 6.07) is 10.7. The van der Waals surface area contributed by atoms with Crippen molar-refractivity contribution in [2.24, 2.45) is 0 Å². The zero-order valence-electron chi connectivity index (χ0n) is 14.6. The van der Waals surface area contributed by atoms with Crippen LogP contribution in [0.1, 0.15) is 25.6 Å². The number of piperazine rings is 1. The highest BCUT2D eigenvalue weighted by atomic mass is 32.1. The van der Waals surface area contributed by atoms with Gasteiger partial charge >= 0.3 is 0 Å². The summed E-state index contributed by atoms with van der Waals surface area (Å²) in [7, 11) is 0. The number of benzene rings is 1. The Hall–Kier alpha value is -3.06. The minimum absolute atomic E-state index is 0.102. The van der Waals surface area contributed by atoms with Crippen LogP contribution in [0.4, 0.5) is 5.82 Å². The molecule has 4 rings (SSSR count). The topological polar surface area (TPSA) is 66.4 Å². The third kappa shape index (κ3) is 3.59. The molecule has 3 aromatic rings. The van der Waals surface area contributed by atoms with E-state index in [4.69, 9.17) is 0 Å². The second-order valence-electron chi connectivity index (χ2n) is 6.19. The zero-order valence-corrected chi connectivity index (χ0v) is 15.4. The summed E-state index contributed by atoms with van der Waals surface area (Å²) in [5.74, 6) is 0.610. The Bertz CT molecular complexity index is 936. The van der Waals surface area contributed by atoms with E-state index in [0.29, 0.717) is 42.2 Å². The van der Waals surface area contributed by atoms with Gasteiger partial charge in [-0.15, -0.1) is 11.3 Å². The number of nitrogens with zero attached hydrogens (tertiary/aromatic N) is 4. The number of carbonyl (C=O) groups is 2. The molecule has 1 aliphatic rings. The number of amides is 1. The highest BCUT2D eigenvalue weighted by Gasteiger charge is 2.26. The number of hydrogen-bond acceptors (Lipinski definition) is 6. The first kappa shape index (κ1) is 17.4. The first-order chi connectivity index (χ1) is 13.2. The van der Waals surface area contributed by atoms with Gasteiger partial charge in [0.15, 0.2) is 0 Å². The van der Waals surface area contributed by atoms with Crippen molar-refractivity contribution in [1.82, 2.24) is 14.9 Å². The number of rotatable bonds is 4. The molecule has 2 aromatic heterocycles. The molecule has 1 fully saturated rings. The average Bonchev–Trinajstić information content (AvgIpc) is 3.28. The maximum atomic E-state index is 13.1. The summed E-state index contributed by atoms with van der Waals surface area (Å²) in [5.41, 5.74) is 0.921. The predicted octanol–water partition coefficient (Wildman–Crippen LogP) is 2.73. The minimum Gasteiger partial charge on any atom is -0.352 e. The summed E-state index contributed by atoms with van der Waals surface area (Å²) in [6.07, 6.45) is 5.04. The molecule has 1 aromatic carbocycles. The molecular weight excluding hydrogens is 360 g/mol. The van der Waals surface area contributed by atoms with Crippen molar-refractivity contribution >= 4 is 28.8 Å². The number of thiophene rings is 1. The quantitative estimate of drug-likeness (QED) is 0.653. The van der Waals surface area contributed by atoms with Gasteiger partial charge in [-0.25, -0.2) is 4.98 Å². The van der Waals surface area contributed by atoms with E-state index in [1.54, 1.807) is 53.8 Å². The maximum absolute atomic E-state index is 13.1. The molecular formula is C20H18N4O2S. The van der Waals surface area contributed by atoms with E-state index in [0.717, 1.165) is 5.82 Å². The first-order valence-electron chi connectivity index (χ1n) is 8.71. The van der Waals surface area contributed by atoms with E-state index in [-0.39, 0.29) is 11.7 Å². The van der Waals surface area contributed by atoms with Crippen molar-refractivity contribution in [2.45, 2.75) is 0 Å². The van der Waals surface area contributed by atoms with Gasteiger partial charge < -0.3 is 9.80 Å². The average molecular weight is 378 g/mol. The highest BCUT2D eigenvalue weighted by Crippen LogP contribution is 2.21. The Morgan fingerprint density at radius 2 is 1.70 bits per heavy atom. The van der Waals surface area contributed by atoms with Gasteiger partial charge in [0.1, 0.15) is 5.82 Å². The van der Waals surface area contributed by atoms with Gasteiger partial charge in [0.25, 0.3) is 5.91 Å². The first-order valence-corrected chi connectivity index (χ1v) is 9.59. The molecule has 1 saturated heterocycles. The lowest BCUT2D eigenvalue weighted by Gasteiger charge is -2.35. The zero-order chi connectivity index (χ0) is 18.6. The second-order valence-corrected chi connectivity index (χ2v) is 7.14. The Morgan fingerprint density at radius 3 is 2.37 bits per heavy atom. The summed E-state index contributed by atoms with van der Waals surface area (Å²) < 4.78 is 0. The van der Waals surface area contributed by atoms with Crippen LogP contribution in [-0.2, 0) is 0 Å². The number of hydrogen-bond donors (Lipinski definition) is 0. The largest absolute Gasteiger partial charge is 0.352 e. The molecule has 0 spiro atoms. The van der Waals surface area contributed by atoms with Crippen LogP contribution in [0.5, 0.6) is 0 Å². The SMILES string of the molecule is O=C(c1cccs1)c1ccccc1C(=O)N1CCN(c2cnccn2)CC1. The van der Waals surface area contributed by atoms with E-state index < -0.39 is 0 Å². The van der Waals surface area contributed by atoms with Crippen molar-refractivity contribution in [2.75, 3.05) is 31.1 Å². The second kappa shape index (κ2) is 7.67. The van der Waals surface area contributed by atoms with E-state index in [9.17, 15) is 9.59 Å². The van der Waals surface area contributed by atoms with E-state index >= 15 is 0 Å². The smallest absolute Gasteiger partial charge is 0.254 e. The minimum atomic E-state index is -0.104. The Labute approximate surface area is 161 Å². The van der Waals surface area contributed by atoms with Crippen LogP contribution in [0.2, 0.25) is 0 Å². The Kier molecular flexibility index (Phi) is 4.93. The van der Waals surface area contributed by atoms with E-state index in [1.165, 1.54) is 11.3 Å². The van der Waals surface area contributed by atoms with E-state index in [2.05, 4.69) is 14.9 Å². The monoisotopic (exact) mass is 378 g/mol. The van der Waals surface area contributed by atoms with Crippen LogP contribution >= 0.6 is 11.3 Å². The summed E-state index contributed by atoms with van der Waals surface area (Å²) in [6.45, 7) is 2.53. The van der Waals surface area contributed by atoms with Gasteiger partial charge in [-0.2, -0.15) is 0 Å². The van der Waals surface area contributed by atoms with Gasteiger partial charge in [-0.3, -0.25) is 14.6 Å². The van der Waals surface area contributed by atoms with Crippen LogP contribution in [0.3, 0.4) is 0 Å². The summed E-state index contributed by atoms with van der Waals surface area (Å²) in [5, 5.41) is 1.86. The lowest BCUT2D eigenvalue weighted by atomic mass is 10.0. The van der Waals surface area contributed by atoms with Crippen molar-refractivity contribution < 1.29 is 9.59 Å². The van der Waals surface area contributed by atoms with E-state index in [1.807, 2.05) is 11.4 Å². The van der Waals surface area contributed by atoms with Gasteiger partial charge in [0.2, 0.25) is 5.78 Å². The molecule has 0 N–H and O–H groups in total. The number of carbonyl (C=O) groups excluding carboxylic acids is 2. The lowest BCUT2D eigenvalue weighted by molar-refractivity contribution is 0.0742. The fourth-order valence-corrected chi connectivity index (χ4v) is 3.85. The molecule has 7 heteroatoms. The highest BCUT2D eigenvalue weighted by molar-refractivity contribution is 7.12. The van der Waals surface area contributed by atoms with Crippen LogP contribution in [-0.4, -0.2) is 52.7 Å². The summed E-state index contributed by atoms with van der Waals surface area (Å²) in [4.78, 5) is 38.8. The van der Waals surface area contributed by atoms with Gasteiger partial charge in [0.05, 0.1) is 16.6 Å². The Balaban J connectivity index is 1.50. The maximum Gasteiger partial charge on any atom is 0.254 e. The molecule has 0 unspecified atom stereocenters. The summed E-state index contributed by atoms with van der Waals surface area (Å²) >= 11 is 1.39. The molecule has 27 heavy (non-hydrogen) atoms. The number of ketones is 1. The molecule has 0 saturated carbocycles. The number of anilines is 1. The third-order valence-corrected chi connectivity index (χ3v) is 5.46. The van der Waals surface area contributed by atoms with Crippen LogP contribution in [0.15, 0.2) is 60.4 Å². The molecule has 1 aliphatic heterocycles. The van der Waals surface area contributed by atoms with Crippen molar-refractivity contribution in [3.8, 4) is 0 Å². The van der Waals surface area contributed by atoms with Crippen LogP contribution in [0.25, 0.3) is 0 Å². The van der Waals surface area contributed by atoms with Gasteiger partial charge in [-0.1, -0.05) is 24.3 Å². The fraction of sp³-hybridized carbons (Fsp3) is 0.200. The van der Waals surface area contributed by atoms with Gasteiger partial charge in [-0.05, 0) is 17.5 Å². The Morgan fingerprint density at radius 1 is 0.926 bits per heavy atom. The molecule has 6 nitrogen and oxygen atoms in total. The molecule has 0 radical (unpaired) electrons. The third-order valence-electron chi connectivity index (χ3n) is 4.59. The van der Waals surface area contributed by atoms with Gasteiger partial charge in [0, 0.05) is 44.1 Å².